The number of nitro groups is 1. The summed E-state index contributed by atoms with van der Waals surface area (Å²) >= 11 is 3.24. The molecule has 0 unspecified atom stereocenters. The van der Waals surface area contributed by atoms with Crippen molar-refractivity contribution in [2.45, 2.75) is 11.3 Å². The number of carboxylic acids is 1. The molecule has 0 saturated heterocycles. The summed E-state index contributed by atoms with van der Waals surface area (Å²) in [6.45, 7) is -0.304. The van der Waals surface area contributed by atoms with Crippen LogP contribution in [0.5, 0.6) is 0 Å². The monoisotopic (exact) mass is 428 g/mol. The Morgan fingerprint density at radius 2 is 1.84 bits per heavy atom. The molecule has 0 aromatic heterocycles. The summed E-state index contributed by atoms with van der Waals surface area (Å²) in [6, 6.07) is 10.9. The molecule has 0 radical (unpaired) electrons. The number of carbonyl (C=O) groups is 1. The van der Waals surface area contributed by atoms with Crippen LogP contribution in [0.3, 0.4) is 0 Å². The Balaban J connectivity index is 2.50. The molecular weight excluding hydrogens is 416 g/mol. The molecule has 0 saturated carbocycles. The van der Waals surface area contributed by atoms with Gasteiger partial charge in [-0.1, -0.05) is 22.0 Å². The van der Waals surface area contributed by atoms with Crippen LogP contribution in [0.15, 0.2) is 57.9 Å². The smallest absolute Gasteiger partial charge is 0.305 e. The second-order valence-corrected chi connectivity index (χ2v) is 7.73. The molecule has 1 N–H and O–H groups in total. The van der Waals surface area contributed by atoms with Gasteiger partial charge < -0.3 is 5.11 Å². The molecule has 25 heavy (non-hydrogen) atoms. The Kier molecular flexibility index (Phi) is 5.75. The van der Waals surface area contributed by atoms with Gasteiger partial charge >= 0.3 is 5.97 Å². The standard InChI is InChI=1S/C15H13BrN2O6S/c16-11-4-6-12(7-5-11)17(9-8-15(19)20)25(23,24)14-3-1-2-13(10-14)18(21)22/h1-7,10H,8-9H2,(H,19,20). The zero-order chi connectivity index (χ0) is 18.6. The van der Waals surface area contributed by atoms with Crippen molar-refractivity contribution < 1.29 is 23.2 Å². The van der Waals surface area contributed by atoms with E-state index in [-0.39, 0.29) is 22.8 Å². The highest BCUT2D eigenvalue weighted by Gasteiger charge is 2.27. The fourth-order valence-electron chi connectivity index (χ4n) is 2.08. The van der Waals surface area contributed by atoms with Gasteiger partial charge in [-0.3, -0.25) is 19.2 Å². The molecule has 2 aromatic rings. The van der Waals surface area contributed by atoms with Crippen molar-refractivity contribution in [1.82, 2.24) is 0 Å². The summed E-state index contributed by atoms with van der Waals surface area (Å²) in [5.41, 5.74) is -0.106. The normalized spacial score (nSPS) is 11.1. The number of rotatable bonds is 7. The van der Waals surface area contributed by atoms with E-state index in [4.69, 9.17) is 5.11 Å². The largest absolute Gasteiger partial charge is 0.481 e. The maximum absolute atomic E-state index is 12.9. The van der Waals surface area contributed by atoms with E-state index in [1.807, 2.05) is 0 Å². The molecule has 0 aliphatic heterocycles. The minimum atomic E-state index is -4.17. The number of benzene rings is 2. The maximum atomic E-state index is 12.9. The van der Waals surface area contributed by atoms with Crippen molar-refractivity contribution in [3.8, 4) is 0 Å². The number of nitrogens with zero attached hydrogens (tertiary/aromatic N) is 2. The Bertz CT molecular complexity index is 898. The predicted molar refractivity (Wildman–Crippen MR) is 94.0 cm³/mol. The molecule has 0 aliphatic carbocycles. The average Bonchev–Trinajstić information content (AvgIpc) is 2.56. The summed E-state index contributed by atoms with van der Waals surface area (Å²) in [4.78, 5) is 20.8. The first-order valence-electron chi connectivity index (χ1n) is 6.96. The number of anilines is 1. The Morgan fingerprint density at radius 3 is 2.40 bits per heavy atom. The van der Waals surface area contributed by atoms with Gasteiger partial charge in [-0.2, -0.15) is 0 Å². The van der Waals surface area contributed by atoms with E-state index in [1.54, 1.807) is 12.1 Å². The lowest BCUT2D eigenvalue weighted by atomic mass is 10.3. The Hall–Kier alpha value is -2.46. The van der Waals surface area contributed by atoms with Crippen molar-refractivity contribution in [1.29, 1.82) is 0 Å². The van der Waals surface area contributed by atoms with E-state index < -0.39 is 27.3 Å². The molecule has 0 bridgehead atoms. The van der Waals surface area contributed by atoms with Crippen molar-refractivity contribution in [3.05, 3.63) is 63.1 Å². The first kappa shape index (κ1) is 18.9. The van der Waals surface area contributed by atoms with Gasteiger partial charge in [0, 0.05) is 23.2 Å². The van der Waals surface area contributed by atoms with Crippen molar-refractivity contribution in [3.63, 3.8) is 0 Å². The maximum Gasteiger partial charge on any atom is 0.305 e. The molecule has 0 fully saturated rings. The van der Waals surface area contributed by atoms with Crippen LogP contribution in [0, 0.1) is 10.1 Å². The van der Waals surface area contributed by atoms with E-state index in [9.17, 15) is 23.3 Å². The molecular formula is C15H13BrN2O6S. The van der Waals surface area contributed by atoms with Crippen LogP contribution in [0.1, 0.15) is 6.42 Å². The predicted octanol–water partition coefficient (Wildman–Crippen LogP) is 3.03. The van der Waals surface area contributed by atoms with Gasteiger partial charge in [-0.15, -0.1) is 0 Å². The third-order valence-corrected chi connectivity index (χ3v) is 5.61. The highest BCUT2D eigenvalue weighted by Crippen LogP contribution is 2.27. The van der Waals surface area contributed by atoms with Crippen LogP contribution in [0.2, 0.25) is 0 Å². The minimum absolute atomic E-state index is 0.260. The molecule has 10 heteroatoms. The number of hydrogen-bond acceptors (Lipinski definition) is 5. The molecule has 0 aliphatic rings. The first-order valence-corrected chi connectivity index (χ1v) is 9.19. The van der Waals surface area contributed by atoms with Gasteiger partial charge in [0.25, 0.3) is 15.7 Å². The second kappa shape index (κ2) is 7.62. The average molecular weight is 429 g/mol. The summed E-state index contributed by atoms with van der Waals surface area (Å²) in [5, 5.41) is 19.8. The lowest BCUT2D eigenvalue weighted by molar-refractivity contribution is -0.385. The molecule has 2 aromatic carbocycles. The third kappa shape index (κ3) is 4.54. The highest BCUT2D eigenvalue weighted by atomic mass is 79.9. The lowest BCUT2D eigenvalue weighted by Gasteiger charge is -2.24. The van der Waals surface area contributed by atoms with E-state index in [0.717, 1.165) is 14.8 Å². The number of aliphatic carboxylic acids is 1. The zero-order valence-corrected chi connectivity index (χ0v) is 15.1. The van der Waals surface area contributed by atoms with Crippen molar-refractivity contribution in [2.24, 2.45) is 0 Å². The fourth-order valence-corrected chi connectivity index (χ4v) is 3.85. The van der Waals surface area contributed by atoms with Crippen LogP contribution >= 0.6 is 15.9 Å². The molecule has 0 amide bonds. The van der Waals surface area contributed by atoms with E-state index >= 15 is 0 Å². The zero-order valence-electron chi connectivity index (χ0n) is 12.7. The van der Waals surface area contributed by atoms with Crippen LogP contribution in [0.25, 0.3) is 0 Å². The van der Waals surface area contributed by atoms with Crippen LogP contribution in [0.4, 0.5) is 11.4 Å². The molecule has 2 rings (SSSR count). The number of halogens is 1. The summed E-state index contributed by atoms with van der Waals surface area (Å²) < 4.78 is 27.5. The van der Waals surface area contributed by atoms with Gasteiger partial charge in [0.2, 0.25) is 0 Å². The Labute approximate surface area is 152 Å². The number of carboxylic acid groups (broad SMARTS) is 1. The lowest BCUT2D eigenvalue weighted by Crippen LogP contribution is -2.33. The van der Waals surface area contributed by atoms with Crippen molar-refractivity contribution in [2.75, 3.05) is 10.8 Å². The topological polar surface area (TPSA) is 118 Å². The number of non-ortho nitro benzene ring substituents is 1. The van der Waals surface area contributed by atoms with Gasteiger partial charge in [-0.25, -0.2) is 8.42 Å². The second-order valence-electron chi connectivity index (χ2n) is 4.95. The van der Waals surface area contributed by atoms with E-state index in [1.165, 1.54) is 30.3 Å². The summed E-state index contributed by atoms with van der Waals surface area (Å²) in [5.74, 6) is -1.16. The van der Waals surface area contributed by atoms with Crippen LogP contribution in [-0.4, -0.2) is 31.0 Å². The Morgan fingerprint density at radius 1 is 1.20 bits per heavy atom. The van der Waals surface area contributed by atoms with Crippen LogP contribution in [-0.2, 0) is 14.8 Å². The number of sulfonamides is 1. The number of nitro benzene ring substituents is 1. The van der Waals surface area contributed by atoms with Gasteiger partial charge in [0.05, 0.1) is 21.9 Å². The van der Waals surface area contributed by atoms with E-state index in [0.29, 0.717) is 0 Å². The molecule has 0 atom stereocenters. The minimum Gasteiger partial charge on any atom is -0.481 e. The first-order chi connectivity index (χ1) is 11.7. The summed E-state index contributed by atoms with van der Waals surface area (Å²) in [6.07, 6.45) is -0.412. The van der Waals surface area contributed by atoms with E-state index in [2.05, 4.69) is 15.9 Å². The third-order valence-electron chi connectivity index (χ3n) is 3.26. The molecule has 0 spiro atoms. The molecule has 132 valence electrons. The highest BCUT2D eigenvalue weighted by molar-refractivity contribution is 9.10. The van der Waals surface area contributed by atoms with Crippen LogP contribution < -0.4 is 4.31 Å². The number of hydrogen-bond donors (Lipinski definition) is 1. The molecule has 0 heterocycles. The SMILES string of the molecule is O=C(O)CCN(c1ccc(Br)cc1)S(=O)(=O)c1cccc([N+](=O)[O-])c1. The fraction of sp³-hybridized carbons (Fsp3) is 0.133. The van der Waals surface area contributed by atoms with Gasteiger partial charge in [-0.05, 0) is 30.3 Å². The molecule has 8 nitrogen and oxygen atoms in total. The summed E-state index contributed by atoms with van der Waals surface area (Å²) in [7, 11) is -4.17. The van der Waals surface area contributed by atoms with Gasteiger partial charge in [0.15, 0.2) is 0 Å². The quantitative estimate of drug-likeness (QED) is 0.534. The van der Waals surface area contributed by atoms with Crippen molar-refractivity contribution >= 4 is 43.3 Å². The van der Waals surface area contributed by atoms with Gasteiger partial charge in [0.1, 0.15) is 0 Å².